The van der Waals surface area contributed by atoms with Crippen molar-refractivity contribution in [2.24, 2.45) is 0 Å². The van der Waals surface area contributed by atoms with Gasteiger partial charge in [-0.2, -0.15) is 0 Å². The number of nitrogens with zero attached hydrogens (tertiary/aromatic N) is 4. The molecule has 156 valence electrons. The first-order valence-electron chi connectivity index (χ1n) is 9.32. The first-order chi connectivity index (χ1) is 15.1. The smallest absolute Gasteiger partial charge is 0.234 e. The first-order valence-corrected chi connectivity index (χ1v) is 11.1. The highest BCUT2D eigenvalue weighted by Crippen LogP contribution is 2.28. The Morgan fingerprint density at radius 3 is 2.55 bits per heavy atom. The van der Waals surface area contributed by atoms with Crippen LogP contribution in [0.5, 0.6) is 5.75 Å². The number of hydrogen-bond acceptors (Lipinski definition) is 6. The number of carbonyl (C=O) groups is 1. The summed E-state index contributed by atoms with van der Waals surface area (Å²) in [4.78, 5) is 16.6. The normalized spacial score (nSPS) is 10.6. The van der Waals surface area contributed by atoms with Gasteiger partial charge in [-0.15, -0.1) is 10.2 Å². The molecular formula is C22H18BrN5O2S. The molecule has 4 aromatic rings. The molecule has 9 heteroatoms. The Hall–Kier alpha value is -3.17. The summed E-state index contributed by atoms with van der Waals surface area (Å²) in [6, 6.07) is 18.8. The number of methoxy groups -OCH3 is 1. The van der Waals surface area contributed by atoms with E-state index in [1.54, 1.807) is 19.5 Å². The van der Waals surface area contributed by atoms with Crippen molar-refractivity contribution in [2.75, 3.05) is 18.2 Å². The Morgan fingerprint density at radius 2 is 1.87 bits per heavy atom. The third kappa shape index (κ3) is 5.12. The summed E-state index contributed by atoms with van der Waals surface area (Å²) >= 11 is 4.70. The number of anilines is 1. The summed E-state index contributed by atoms with van der Waals surface area (Å²) in [5.74, 6) is 1.47. The molecule has 0 fully saturated rings. The molecule has 2 heterocycles. The highest BCUT2D eigenvalue weighted by molar-refractivity contribution is 9.10. The van der Waals surface area contributed by atoms with Gasteiger partial charge >= 0.3 is 0 Å². The summed E-state index contributed by atoms with van der Waals surface area (Å²) in [5, 5.41) is 12.2. The molecule has 31 heavy (non-hydrogen) atoms. The lowest BCUT2D eigenvalue weighted by atomic mass is 10.2. The highest BCUT2D eigenvalue weighted by atomic mass is 79.9. The van der Waals surface area contributed by atoms with Crippen LogP contribution in [0.1, 0.15) is 0 Å². The molecule has 1 N–H and O–H groups in total. The zero-order valence-corrected chi connectivity index (χ0v) is 18.9. The van der Waals surface area contributed by atoms with Gasteiger partial charge in [0.05, 0.1) is 12.9 Å². The van der Waals surface area contributed by atoms with E-state index in [1.807, 2.05) is 65.2 Å². The predicted octanol–water partition coefficient (Wildman–Crippen LogP) is 4.83. The largest absolute Gasteiger partial charge is 0.497 e. The van der Waals surface area contributed by atoms with Crippen molar-refractivity contribution in [3.05, 3.63) is 77.5 Å². The SMILES string of the molecule is COc1ccc(-n2c(SCC(=O)Nc3ccc(Br)cc3)nnc2-c2cccnc2)cc1. The molecular weight excluding hydrogens is 478 g/mol. The summed E-state index contributed by atoms with van der Waals surface area (Å²) < 4.78 is 8.13. The Labute approximate surface area is 192 Å². The molecule has 4 rings (SSSR count). The Bertz CT molecular complexity index is 1160. The topological polar surface area (TPSA) is 81.9 Å². The molecule has 2 aromatic heterocycles. The minimum absolute atomic E-state index is 0.125. The number of rotatable bonds is 7. The molecule has 0 spiro atoms. The molecule has 1 amide bonds. The van der Waals surface area contributed by atoms with Crippen molar-refractivity contribution in [3.8, 4) is 22.8 Å². The molecule has 0 radical (unpaired) electrons. The van der Waals surface area contributed by atoms with Crippen LogP contribution >= 0.6 is 27.7 Å². The van der Waals surface area contributed by atoms with E-state index in [1.165, 1.54) is 11.8 Å². The van der Waals surface area contributed by atoms with Gasteiger partial charge in [0, 0.05) is 33.8 Å². The molecule has 0 aliphatic heterocycles. The first kappa shape index (κ1) is 21.1. The van der Waals surface area contributed by atoms with Gasteiger partial charge in [0.2, 0.25) is 5.91 Å². The fraction of sp³-hybridized carbons (Fsp3) is 0.0909. The number of ether oxygens (including phenoxy) is 1. The lowest BCUT2D eigenvalue weighted by Crippen LogP contribution is -2.14. The quantitative estimate of drug-likeness (QED) is 0.369. The van der Waals surface area contributed by atoms with Gasteiger partial charge in [0.15, 0.2) is 11.0 Å². The van der Waals surface area contributed by atoms with Crippen molar-refractivity contribution in [1.82, 2.24) is 19.7 Å². The minimum atomic E-state index is -0.125. The number of carbonyl (C=O) groups excluding carboxylic acids is 1. The van der Waals surface area contributed by atoms with Crippen LogP contribution in [0, 0.1) is 0 Å². The van der Waals surface area contributed by atoms with Crippen molar-refractivity contribution in [2.45, 2.75) is 5.16 Å². The van der Waals surface area contributed by atoms with Gasteiger partial charge in [0.1, 0.15) is 5.75 Å². The summed E-state index contributed by atoms with van der Waals surface area (Å²) in [7, 11) is 1.63. The Morgan fingerprint density at radius 1 is 1.10 bits per heavy atom. The second-order valence-electron chi connectivity index (χ2n) is 6.43. The van der Waals surface area contributed by atoms with Crippen LogP contribution in [0.25, 0.3) is 17.1 Å². The lowest BCUT2D eigenvalue weighted by Gasteiger charge is -2.11. The van der Waals surface area contributed by atoms with E-state index in [2.05, 4.69) is 36.4 Å². The molecule has 0 saturated carbocycles. The number of nitrogens with one attached hydrogen (secondary N) is 1. The number of benzene rings is 2. The van der Waals surface area contributed by atoms with Crippen molar-refractivity contribution in [3.63, 3.8) is 0 Å². The number of thioether (sulfide) groups is 1. The van der Waals surface area contributed by atoms with Crippen LogP contribution in [0.15, 0.2) is 82.7 Å². The average molecular weight is 496 g/mol. The molecule has 0 aliphatic carbocycles. The number of aromatic nitrogens is 4. The van der Waals surface area contributed by atoms with Crippen LogP contribution in [0.2, 0.25) is 0 Å². The van der Waals surface area contributed by atoms with Gasteiger partial charge in [-0.3, -0.25) is 14.3 Å². The van der Waals surface area contributed by atoms with Gasteiger partial charge in [0.25, 0.3) is 0 Å². The third-order valence-corrected chi connectivity index (χ3v) is 5.80. The second kappa shape index (κ2) is 9.76. The molecule has 0 aliphatic rings. The van der Waals surface area contributed by atoms with Crippen molar-refractivity contribution < 1.29 is 9.53 Å². The number of halogens is 1. The third-order valence-electron chi connectivity index (χ3n) is 4.34. The zero-order chi connectivity index (χ0) is 21.6. The zero-order valence-electron chi connectivity index (χ0n) is 16.5. The van der Waals surface area contributed by atoms with Crippen LogP contribution in [-0.4, -0.2) is 38.5 Å². The van der Waals surface area contributed by atoms with Crippen LogP contribution in [-0.2, 0) is 4.79 Å². The van der Waals surface area contributed by atoms with E-state index in [9.17, 15) is 4.79 Å². The summed E-state index contributed by atoms with van der Waals surface area (Å²) in [6.07, 6.45) is 3.44. The predicted molar refractivity (Wildman–Crippen MR) is 125 cm³/mol. The average Bonchev–Trinajstić information content (AvgIpc) is 3.24. The number of amides is 1. The second-order valence-corrected chi connectivity index (χ2v) is 8.28. The molecule has 0 saturated heterocycles. The standard InChI is InChI=1S/C22H18BrN5O2S/c1-30-19-10-8-18(9-11-19)28-21(15-3-2-12-24-13-15)26-27-22(28)31-14-20(29)25-17-6-4-16(23)5-7-17/h2-13H,14H2,1H3,(H,25,29). The highest BCUT2D eigenvalue weighted by Gasteiger charge is 2.17. The van der Waals surface area contributed by atoms with Gasteiger partial charge in [-0.25, -0.2) is 0 Å². The maximum atomic E-state index is 12.5. The number of pyridine rings is 1. The summed E-state index contributed by atoms with van der Waals surface area (Å²) in [6.45, 7) is 0. The van der Waals surface area contributed by atoms with Gasteiger partial charge < -0.3 is 10.1 Å². The van der Waals surface area contributed by atoms with Crippen molar-refractivity contribution >= 4 is 39.3 Å². The molecule has 0 unspecified atom stereocenters. The van der Waals surface area contributed by atoms with E-state index in [4.69, 9.17) is 4.74 Å². The monoisotopic (exact) mass is 495 g/mol. The Kier molecular flexibility index (Phi) is 6.63. The van der Waals surface area contributed by atoms with E-state index >= 15 is 0 Å². The maximum Gasteiger partial charge on any atom is 0.234 e. The summed E-state index contributed by atoms with van der Waals surface area (Å²) in [5.41, 5.74) is 2.43. The Balaban J connectivity index is 1.58. The fourth-order valence-electron chi connectivity index (χ4n) is 2.87. The van der Waals surface area contributed by atoms with Crippen molar-refractivity contribution in [1.29, 1.82) is 0 Å². The van der Waals surface area contributed by atoms with E-state index in [0.717, 1.165) is 27.2 Å². The van der Waals surface area contributed by atoms with Crippen LogP contribution in [0.3, 0.4) is 0 Å². The van der Waals surface area contributed by atoms with Crippen LogP contribution < -0.4 is 10.1 Å². The van der Waals surface area contributed by atoms with E-state index < -0.39 is 0 Å². The van der Waals surface area contributed by atoms with E-state index in [0.29, 0.717) is 11.0 Å². The van der Waals surface area contributed by atoms with E-state index in [-0.39, 0.29) is 11.7 Å². The lowest BCUT2D eigenvalue weighted by molar-refractivity contribution is -0.113. The minimum Gasteiger partial charge on any atom is -0.497 e. The molecule has 7 nitrogen and oxygen atoms in total. The van der Waals surface area contributed by atoms with Gasteiger partial charge in [-0.05, 0) is 60.7 Å². The molecule has 2 aromatic carbocycles. The molecule has 0 atom stereocenters. The fourth-order valence-corrected chi connectivity index (χ4v) is 3.89. The van der Waals surface area contributed by atoms with Gasteiger partial charge in [-0.1, -0.05) is 27.7 Å². The molecule has 0 bridgehead atoms. The van der Waals surface area contributed by atoms with Crippen LogP contribution in [0.4, 0.5) is 5.69 Å². The maximum absolute atomic E-state index is 12.5. The number of hydrogen-bond donors (Lipinski definition) is 1.